The monoisotopic (exact) mass is 294 g/mol. The van der Waals surface area contributed by atoms with E-state index in [9.17, 15) is 5.26 Å². The lowest BCUT2D eigenvalue weighted by molar-refractivity contribution is 0.382. The normalized spacial score (nSPS) is 19.6. The lowest BCUT2D eigenvalue weighted by Gasteiger charge is -2.28. The fraction of sp³-hybridized carbons (Fsp3) is 0.846. The molecule has 0 aliphatic heterocycles. The molecule has 2 atom stereocenters. The second kappa shape index (κ2) is 6.10. The van der Waals surface area contributed by atoms with Gasteiger partial charge in [0.2, 0.25) is 5.16 Å². The second-order valence-corrected chi connectivity index (χ2v) is 7.42. The van der Waals surface area contributed by atoms with Crippen molar-refractivity contribution in [3.8, 4) is 6.07 Å². The van der Waals surface area contributed by atoms with Crippen LogP contribution in [0.15, 0.2) is 5.16 Å². The Labute approximate surface area is 124 Å². The van der Waals surface area contributed by atoms with E-state index in [1.165, 1.54) is 0 Å². The minimum atomic E-state index is -0.515. The number of hydrogen-bond donors (Lipinski definition) is 1. The molecule has 0 aromatic carbocycles. The maximum atomic E-state index is 9.39. The average Bonchev–Trinajstić information content (AvgIpc) is 3.09. The van der Waals surface area contributed by atoms with Crippen LogP contribution in [0.25, 0.3) is 0 Å². The summed E-state index contributed by atoms with van der Waals surface area (Å²) in [6, 6.07) is 3.16. The molecule has 2 unspecified atom stereocenters. The first-order chi connectivity index (χ1) is 9.43. The second-order valence-electron chi connectivity index (χ2n) is 6.01. The van der Waals surface area contributed by atoms with Crippen LogP contribution in [0.4, 0.5) is 0 Å². The highest BCUT2D eigenvalue weighted by Crippen LogP contribution is 2.37. The molecular weight excluding hydrogens is 272 g/mol. The van der Waals surface area contributed by atoms with Crippen molar-refractivity contribution in [2.24, 2.45) is 0 Å². The molecule has 0 saturated heterocycles. The maximum absolute atomic E-state index is 9.39. The highest BCUT2D eigenvalue weighted by molar-refractivity contribution is 7.99. The van der Waals surface area contributed by atoms with Crippen molar-refractivity contribution in [2.45, 2.75) is 75.0 Å². The van der Waals surface area contributed by atoms with E-state index in [1.807, 2.05) is 11.6 Å². The Bertz CT molecular complexity index is 489. The molecule has 1 aromatic rings. The summed E-state index contributed by atoms with van der Waals surface area (Å²) >= 11 is 1.65. The summed E-state index contributed by atoms with van der Waals surface area (Å²) in [4.78, 5) is 0. The van der Waals surface area contributed by atoms with E-state index < -0.39 is 5.54 Å². The molecule has 6 nitrogen and oxygen atoms in total. The van der Waals surface area contributed by atoms with E-state index in [1.54, 1.807) is 11.8 Å². The van der Waals surface area contributed by atoms with Gasteiger partial charge in [0.1, 0.15) is 5.54 Å². The predicted octanol–water partition coefficient (Wildman–Crippen LogP) is 2.16. The molecule has 20 heavy (non-hydrogen) atoms. The molecule has 1 aliphatic rings. The Morgan fingerprint density at radius 2 is 2.20 bits per heavy atom. The molecule has 1 N–H and O–H groups in total. The summed E-state index contributed by atoms with van der Waals surface area (Å²) in [5.41, 5.74) is -0.515. The van der Waals surface area contributed by atoms with Gasteiger partial charge in [0, 0.05) is 11.3 Å². The molecule has 7 heteroatoms. The first-order valence-corrected chi connectivity index (χ1v) is 7.95. The van der Waals surface area contributed by atoms with Gasteiger partial charge in [-0.1, -0.05) is 18.7 Å². The predicted molar refractivity (Wildman–Crippen MR) is 78.3 cm³/mol. The topological polar surface area (TPSA) is 79.4 Å². The van der Waals surface area contributed by atoms with Gasteiger partial charge >= 0.3 is 0 Å². The van der Waals surface area contributed by atoms with Gasteiger partial charge in [-0.25, -0.2) is 4.68 Å². The van der Waals surface area contributed by atoms with Gasteiger partial charge in [-0.15, -0.1) is 5.10 Å². The molecule has 1 heterocycles. The van der Waals surface area contributed by atoms with Gasteiger partial charge < -0.3 is 0 Å². The van der Waals surface area contributed by atoms with Crippen LogP contribution < -0.4 is 5.32 Å². The van der Waals surface area contributed by atoms with Crippen LogP contribution >= 0.6 is 11.8 Å². The number of nitrogens with one attached hydrogen (secondary N) is 1. The number of rotatable bonds is 7. The summed E-state index contributed by atoms with van der Waals surface area (Å²) in [5.74, 6) is 0. The summed E-state index contributed by atoms with van der Waals surface area (Å²) in [7, 11) is 0. The van der Waals surface area contributed by atoms with E-state index in [2.05, 4.69) is 47.7 Å². The largest absolute Gasteiger partial charge is 0.297 e. The molecule has 1 fully saturated rings. The molecule has 2 rings (SSSR count). The van der Waals surface area contributed by atoms with Crippen molar-refractivity contribution in [2.75, 3.05) is 0 Å². The molecular formula is C13H22N6S. The van der Waals surface area contributed by atoms with Crippen LogP contribution in [0.5, 0.6) is 0 Å². The van der Waals surface area contributed by atoms with Crippen LogP contribution in [-0.4, -0.2) is 37.0 Å². The summed E-state index contributed by atoms with van der Waals surface area (Å²) in [6.45, 7) is 8.18. The van der Waals surface area contributed by atoms with Crippen LogP contribution in [-0.2, 0) is 0 Å². The summed E-state index contributed by atoms with van der Waals surface area (Å²) in [6.07, 6.45) is 3.08. The van der Waals surface area contributed by atoms with Crippen molar-refractivity contribution < 1.29 is 0 Å². The SMILES string of the molecule is CC(C)NC(C)(C#N)CC(C)Sc1nnnn1C1CC1. The fourth-order valence-corrected chi connectivity index (χ4v) is 3.54. The van der Waals surface area contributed by atoms with Crippen molar-refractivity contribution >= 4 is 11.8 Å². The molecule has 1 aliphatic carbocycles. The van der Waals surface area contributed by atoms with Gasteiger partial charge in [0.05, 0.1) is 12.1 Å². The smallest absolute Gasteiger partial charge is 0.209 e. The van der Waals surface area contributed by atoms with Gasteiger partial charge in [-0.3, -0.25) is 5.32 Å². The van der Waals surface area contributed by atoms with Crippen LogP contribution in [0.1, 0.15) is 53.0 Å². The molecule has 0 bridgehead atoms. The van der Waals surface area contributed by atoms with Crippen molar-refractivity contribution in [3.05, 3.63) is 0 Å². The molecule has 0 spiro atoms. The zero-order valence-corrected chi connectivity index (χ0v) is 13.3. The highest BCUT2D eigenvalue weighted by atomic mass is 32.2. The first-order valence-electron chi connectivity index (χ1n) is 7.07. The zero-order chi connectivity index (χ0) is 14.8. The molecule has 1 aromatic heterocycles. The van der Waals surface area contributed by atoms with Crippen LogP contribution in [0.3, 0.4) is 0 Å². The minimum absolute atomic E-state index is 0.273. The Morgan fingerprint density at radius 1 is 1.50 bits per heavy atom. The number of thioether (sulfide) groups is 1. The highest BCUT2D eigenvalue weighted by Gasteiger charge is 2.31. The van der Waals surface area contributed by atoms with E-state index in [0.717, 1.165) is 24.4 Å². The fourth-order valence-electron chi connectivity index (χ4n) is 2.38. The van der Waals surface area contributed by atoms with E-state index in [4.69, 9.17) is 0 Å². The lowest BCUT2D eigenvalue weighted by Crippen LogP contribution is -2.46. The summed E-state index contributed by atoms with van der Waals surface area (Å²) < 4.78 is 1.92. The summed E-state index contributed by atoms with van der Waals surface area (Å²) in [5, 5.41) is 25.8. The number of nitriles is 1. The van der Waals surface area contributed by atoms with Gasteiger partial charge in [0.15, 0.2) is 0 Å². The molecule has 0 radical (unpaired) electrons. The molecule has 110 valence electrons. The van der Waals surface area contributed by atoms with Gasteiger partial charge in [-0.05, 0) is 50.5 Å². The quantitative estimate of drug-likeness (QED) is 0.776. The van der Waals surface area contributed by atoms with Gasteiger partial charge in [-0.2, -0.15) is 5.26 Å². The van der Waals surface area contributed by atoms with E-state index in [-0.39, 0.29) is 11.3 Å². The van der Waals surface area contributed by atoms with Crippen molar-refractivity contribution in [3.63, 3.8) is 0 Å². The minimum Gasteiger partial charge on any atom is -0.297 e. The van der Waals surface area contributed by atoms with E-state index >= 15 is 0 Å². The Morgan fingerprint density at radius 3 is 2.75 bits per heavy atom. The molecule has 0 amide bonds. The number of nitrogens with zero attached hydrogens (tertiary/aromatic N) is 5. The lowest BCUT2D eigenvalue weighted by atomic mass is 9.97. The van der Waals surface area contributed by atoms with E-state index in [0.29, 0.717) is 6.04 Å². The van der Waals surface area contributed by atoms with Crippen molar-refractivity contribution in [1.29, 1.82) is 5.26 Å². The standard InChI is InChI=1S/C13H22N6S/c1-9(2)15-13(4,8-14)7-10(3)20-12-16-17-18-19(12)11-5-6-11/h9-11,15H,5-7H2,1-4H3. The first kappa shape index (κ1) is 15.3. The zero-order valence-electron chi connectivity index (χ0n) is 12.5. The average molecular weight is 294 g/mol. The van der Waals surface area contributed by atoms with Crippen LogP contribution in [0, 0.1) is 11.3 Å². The third-order valence-corrected chi connectivity index (χ3v) is 4.26. The molecule has 1 saturated carbocycles. The Kier molecular flexibility index (Phi) is 4.66. The Balaban J connectivity index is 1.95. The number of aromatic nitrogens is 4. The maximum Gasteiger partial charge on any atom is 0.209 e. The number of tetrazole rings is 1. The number of hydrogen-bond acceptors (Lipinski definition) is 6. The third kappa shape index (κ3) is 3.93. The van der Waals surface area contributed by atoms with Crippen LogP contribution in [0.2, 0.25) is 0 Å². The van der Waals surface area contributed by atoms with Gasteiger partial charge in [0.25, 0.3) is 0 Å². The third-order valence-electron chi connectivity index (χ3n) is 3.21. The van der Waals surface area contributed by atoms with Crippen molar-refractivity contribution in [1.82, 2.24) is 25.5 Å². The Hall–Kier alpha value is -1.13.